The lowest BCUT2D eigenvalue weighted by Gasteiger charge is -2.03. The van der Waals surface area contributed by atoms with Gasteiger partial charge in [0.15, 0.2) is 0 Å². The minimum absolute atomic E-state index is 0.998. The highest BCUT2D eigenvalue weighted by atomic mass is 32.1. The van der Waals surface area contributed by atoms with Crippen molar-refractivity contribution in [1.29, 1.82) is 0 Å². The number of aryl methyl sites for hydroxylation is 1. The van der Waals surface area contributed by atoms with E-state index in [1.807, 2.05) is 0 Å². The van der Waals surface area contributed by atoms with Crippen LogP contribution in [0.15, 0.2) is 47.2 Å². The predicted molar refractivity (Wildman–Crippen MR) is 70.8 cm³/mol. The first-order valence-electron chi connectivity index (χ1n) is 5.71. The van der Waals surface area contributed by atoms with Crippen LogP contribution in [0.4, 0.5) is 0 Å². The molecule has 1 nitrogen and oxygen atoms in total. The van der Waals surface area contributed by atoms with Crippen molar-refractivity contribution in [2.75, 3.05) is 6.54 Å². The van der Waals surface area contributed by atoms with Crippen molar-refractivity contribution in [1.82, 2.24) is 5.32 Å². The zero-order chi connectivity index (χ0) is 11.1. The van der Waals surface area contributed by atoms with E-state index in [1.54, 1.807) is 11.3 Å². The fourth-order valence-corrected chi connectivity index (χ4v) is 2.36. The fraction of sp³-hybridized carbons (Fsp3) is 0.286. The van der Waals surface area contributed by atoms with Gasteiger partial charge < -0.3 is 5.32 Å². The zero-order valence-corrected chi connectivity index (χ0v) is 10.2. The van der Waals surface area contributed by atoms with Crippen molar-refractivity contribution in [3.63, 3.8) is 0 Å². The van der Waals surface area contributed by atoms with Crippen molar-refractivity contribution >= 4 is 11.3 Å². The third-order valence-corrected chi connectivity index (χ3v) is 3.30. The molecule has 0 saturated heterocycles. The molecule has 2 rings (SSSR count). The SMILES string of the molecule is c1ccc(CCCNCc2ccsc2)cc1. The molecule has 0 fully saturated rings. The summed E-state index contributed by atoms with van der Waals surface area (Å²) in [6.45, 7) is 2.09. The number of hydrogen-bond donors (Lipinski definition) is 1. The average molecular weight is 231 g/mol. The molecule has 0 unspecified atom stereocenters. The Balaban J connectivity index is 1.59. The first-order chi connectivity index (χ1) is 7.95. The molecule has 0 spiro atoms. The molecule has 0 amide bonds. The van der Waals surface area contributed by atoms with Crippen LogP contribution in [0, 0.1) is 0 Å². The average Bonchev–Trinajstić information content (AvgIpc) is 2.83. The third kappa shape index (κ3) is 3.80. The van der Waals surface area contributed by atoms with E-state index < -0.39 is 0 Å². The van der Waals surface area contributed by atoms with E-state index >= 15 is 0 Å². The van der Waals surface area contributed by atoms with E-state index in [4.69, 9.17) is 0 Å². The maximum Gasteiger partial charge on any atom is 0.0213 e. The lowest BCUT2D eigenvalue weighted by atomic mass is 10.1. The number of nitrogens with one attached hydrogen (secondary N) is 1. The maximum atomic E-state index is 3.46. The normalized spacial score (nSPS) is 10.5. The molecule has 2 aromatic rings. The topological polar surface area (TPSA) is 12.0 Å². The number of benzene rings is 1. The van der Waals surface area contributed by atoms with Crippen LogP contribution in [-0.4, -0.2) is 6.54 Å². The van der Waals surface area contributed by atoms with Crippen LogP contribution >= 0.6 is 11.3 Å². The second kappa shape index (κ2) is 6.46. The largest absolute Gasteiger partial charge is 0.313 e. The summed E-state index contributed by atoms with van der Waals surface area (Å²) in [4.78, 5) is 0. The van der Waals surface area contributed by atoms with E-state index in [2.05, 4.69) is 52.5 Å². The molecule has 1 aromatic carbocycles. The van der Waals surface area contributed by atoms with Crippen LogP contribution in [0.5, 0.6) is 0 Å². The molecule has 0 bridgehead atoms. The minimum Gasteiger partial charge on any atom is -0.313 e. The Kier molecular flexibility index (Phi) is 4.59. The molecule has 84 valence electrons. The van der Waals surface area contributed by atoms with E-state index in [-0.39, 0.29) is 0 Å². The highest BCUT2D eigenvalue weighted by molar-refractivity contribution is 7.07. The molecule has 16 heavy (non-hydrogen) atoms. The van der Waals surface area contributed by atoms with Gasteiger partial charge in [0.2, 0.25) is 0 Å². The monoisotopic (exact) mass is 231 g/mol. The Morgan fingerprint density at radius 2 is 1.88 bits per heavy atom. The van der Waals surface area contributed by atoms with Gasteiger partial charge in [0.05, 0.1) is 0 Å². The Morgan fingerprint density at radius 3 is 2.62 bits per heavy atom. The molecule has 0 saturated carbocycles. The quantitative estimate of drug-likeness (QED) is 0.751. The molecule has 1 heterocycles. The van der Waals surface area contributed by atoms with Gasteiger partial charge in [-0.25, -0.2) is 0 Å². The Labute approximate surface area is 101 Å². The van der Waals surface area contributed by atoms with Crippen molar-refractivity contribution in [3.8, 4) is 0 Å². The molecule has 0 atom stereocenters. The van der Waals surface area contributed by atoms with Crippen molar-refractivity contribution in [2.24, 2.45) is 0 Å². The second-order valence-corrected chi connectivity index (χ2v) is 4.68. The van der Waals surface area contributed by atoms with Gasteiger partial charge in [-0.3, -0.25) is 0 Å². The first kappa shape index (κ1) is 11.4. The highest BCUT2D eigenvalue weighted by Crippen LogP contribution is 2.05. The molecule has 1 N–H and O–H groups in total. The van der Waals surface area contributed by atoms with Crippen molar-refractivity contribution < 1.29 is 0 Å². The number of thiophene rings is 1. The lowest BCUT2D eigenvalue weighted by molar-refractivity contribution is 0.650. The van der Waals surface area contributed by atoms with Gasteiger partial charge in [0.1, 0.15) is 0 Å². The second-order valence-electron chi connectivity index (χ2n) is 3.90. The van der Waals surface area contributed by atoms with E-state index in [0.717, 1.165) is 19.5 Å². The van der Waals surface area contributed by atoms with E-state index in [0.29, 0.717) is 0 Å². The molecule has 0 aliphatic carbocycles. The molecule has 0 aliphatic heterocycles. The van der Waals surface area contributed by atoms with Gasteiger partial charge in [0, 0.05) is 6.54 Å². The fourth-order valence-electron chi connectivity index (χ4n) is 1.69. The zero-order valence-electron chi connectivity index (χ0n) is 9.36. The van der Waals surface area contributed by atoms with Crippen molar-refractivity contribution in [2.45, 2.75) is 19.4 Å². The van der Waals surface area contributed by atoms with E-state index in [1.165, 1.54) is 17.5 Å². The first-order valence-corrected chi connectivity index (χ1v) is 6.65. The summed E-state index contributed by atoms with van der Waals surface area (Å²) in [6.07, 6.45) is 2.37. The van der Waals surface area contributed by atoms with Crippen LogP contribution in [0.25, 0.3) is 0 Å². The summed E-state index contributed by atoms with van der Waals surface area (Å²) < 4.78 is 0. The predicted octanol–water partition coefficient (Wildman–Crippen LogP) is 3.47. The summed E-state index contributed by atoms with van der Waals surface area (Å²) in [5.74, 6) is 0. The highest BCUT2D eigenvalue weighted by Gasteiger charge is 1.93. The van der Waals surface area contributed by atoms with Gasteiger partial charge >= 0.3 is 0 Å². The summed E-state index contributed by atoms with van der Waals surface area (Å²) >= 11 is 1.76. The molecular weight excluding hydrogens is 214 g/mol. The number of rotatable bonds is 6. The van der Waals surface area contributed by atoms with Crippen LogP contribution in [0.2, 0.25) is 0 Å². The van der Waals surface area contributed by atoms with Gasteiger partial charge in [0.25, 0.3) is 0 Å². The summed E-state index contributed by atoms with van der Waals surface area (Å²) in [6, 6.07) is 12.8. The smallest absolute Gasteiger partial charge is 0.0213 e. The van der Waals surface area contributed by atoms with Crippen LogP contribution < -0.4 is 5.32 Å². The lowest BCUT2D eigenvalue weighted by Crippen LogP contribution is -2.14. The van der Waals surface area contributed by atoms with Crippen LogP contribution in [-0.2, 0) is 13.0 Å². The molecule has 2 heteroatoms. The van der Waals surface area contributed by atoms with E-state index in [9.17, 15) is 0 Å². The van der Waals surface area contributed by atoms with Gasteiger partial charge in [-0.1, -0.05) is 30.3 Å². The maximum absolute atomic E-state index is 3.46. The third-order valence-electron chi connectivity index (χ3n) is 2.57. The van der Waals surface area contributed by atoms with Crippen molar-refractivity contribution in [3.05, 3.63) is 58.3 Å². The Morgan fingerprint density at radius 1 is 1.00 bits per heavy atom. The number of hydrogen-bond acceptors (Lipinski definition) is 2. The Bertz CT molecular complexity index is 380. The van der Waals surface area contributed by atoms with Gasteiger partial charge in [-0.05, 0) is 47.3 Å². The molecule has 0 aliphatic rings. The minimum atomic E-state index is 0.998. The molecule has 1 aromatic heterocycles. The van der Waals surface area contributed by atoms with Crippen LogP contribution in [0.1, 0.15) is 17.5 Å². The summed E-state index contributed by atoms with van der Waals surface area (Å²) in [7, 11) is 0. The van der Waals surface area contributed by atoms with Crippen LogP contribution in [0.3, 0.4) is 0 Å². The standard InChI is InChI=1S/C14H17NS/c1-2-5-13(6-3-1)7-4-9-15-11-14-8-10-16-12-14/h1-3,5-6,8,10,12,15H,4,7,9,11H2. The summed E-state index contributed by atoms with van der Waals surface area (Å²) in [5, 5.41) is 7.79. The van der Waals surface area contributed by atoms with Gasteiger partial charge in [-0.15, -0.1) is 0 Å². The molecular formula is C14H17NS. The molecule has 0 radical (unpaired) electrons. The Hall–Kier alpha value is -1.12. The summed E-state index contributed by atoms with van der Waals surface area (Å²) in [5.41, 5.74) is 2.82. The van der Waals surface area contributed by atoms with Gasteiger partial charge in [-0.2, -0.15) is 11.3 Å².